The van der Waals surface area contributed by atoms with Gasteiger partial charge in [-0.2, -0.15) is 0 Å². The van der Waals surface area contributed by atoms with Crippen molar-refractivity contribution in [3.8, 4) is 0 Å². The van der Waals surface area contributed by atoms with Crippen LogP contribution in [0.1, 0.15) is 29.3 Å². The first-order valence-corrected chi connectivity index (χ1v) is 8.20. The Hall–Kier alpha value is -2.01. The van der Waals surface area contributed by atoms with Crippen LogP contribution in [-0.2, 0) is 11.3 Å². The quantitative estimate of drug-likeness (QED) is 0.661. The first kappa shape index (κ1) is 15.9. The molecule has 1 fully saturated rings. The van der Waals surface area contributed by atoms with Crippen molar-refractivity contribution >= 4 is 16.9 Å². The molecule has 1 saturated heterocycles. The van der Waals surface area contributed by atoms with Gasteiger partial charge in [0.2, 0.25) is 0 Å². The van der Waals surface area contributed by atoms with Crippen LogP contribution in [0.15, 0.2) is 17.1 Å². The number of guanidine groups is 1. The second-order valence-corrected chi connectivity index (χ2v) is 6.52. The molecule has 1 aromatic heterocycles. The standard InChI is InChI=1S/C18H26N4O/c1-11-7-15(17-16(8-11)13(3)14(4)21-17)9-20-18(19)22-5-6-23-12(2)10-22/h7-8,12,21H,5-6,9-10H2,1-4H3,(H2,19,20). The van der Waals surface area contributed by atoms with Crippen LogP contribution in [0.25, 0.3) is 10.9 Å². The summed E-state index contributed by atoms with van der Waals surface area (Å²) >= 11 is 0. The largest absolute Gasteiger partial charge is 0.375 e. The zero-order valence-corrected chi connectivity index (χ0v) is 14.4. The number of aromatic nitrogens is 1. The number of ether oxygens (including phenoxy) is 1. The SMILES string of the molecule is Cc1cc(CN=C(N)N2CCOC(C)C2)c2[nH]c(C)c(C)c2c1. The van der Waals surface area contributed by atoms with E-state index in [0.717, 1.165) is 13.1 Å². The van der Waals surface area contributed by atoms with Crippen molar-refractivity contribution < 1.29 is 4.74 Å². The van der Waals surface area contributed by atoms with Crippen molar-refractivity contribution in [2.75, 3.05) is 19.7 Å². The van der Waals surface area contributed by atoms with E-state index in [2.05, 4.69) is 54.7 Å². The molecule has 5 heteroatoms. The number of aromatic amines is 1. The third-order valence-corrected chi connectivity index (χ3v) is 4.62. The Kier molecular flexibility index (Phi) is 4.31. The summed E-state index contributed by atoms with van der Waals surface area (Å²) in [6.45, 7) is 11.4. The van der Waals surface area contributed by atoms with Gasteiger partial charge in [0.15, 0.2) is 5.96 Å². The van der Waals surface area contributed by atoms with Crippen LogP contribution in [-0.4, -0.2) is 41.6 Å². The van der Waals surface area contributed by atoms with Gasteiger partial charge in [0.05, 0.1) is 24.8 Å². The molecule has 2 heterocycles. The smallest absolute Gasteiger partial charge is 0.191 e. The molecule has 0 amide bonds. The minimum absolute atomic E-state index is 0.205. The summed E-state index contributed by atoms with van der Waals surface area (Å²) in [7, 11) is 0. The number of hydrogen-bond donors (Lipinski definition) is 2. The Morgan fingerprint density at radius 2 is 2.17 bits per heavy atom. The molecule has 1 unspecified atom stereocenters. The topological polar surface area (TPSA) is 66.6 Å². The molecule has 0 spiro atoms. The number of benzene rings is 1. The lowest BCUT2D eigenvalue weighted by Gasteiger charge is -2.31. The highest BCUT2D eigenvalue weighted by Gasteiger charge is 2.18. The molecule has 2 aromatic rings. The lowest BCUT2D eigenvalue weighted by molar-refractivity contribution is 0.00529. The number of aryl methyl sites for hydroxylation is 3. The van der Waals surface area contributed by atoms with Gasteiger partial charge >= 0.3 is 0 Å². The third kappa shape index (κ3) is 3.20. The van der Waals surface area contributed by atoms with E-state index in [0.29, 0.717) is 19.1 Å². The van der Waals surface area contributed by atoms with E-state index in [1.807, 2.05) is 0 Å². The molecule has 23 heavy (non-hydrogen) atoms. The van der Waals surface area contributed by atoms with E-state index in [-0.39, 0.29) is 6.10 Å². The van der Waals surface area contributed by atoms with Crippen LogP contribution >= 0.6 is 0 Å². The van der Waals surface area contributed by atoms with E-state index >= 15 is 0 Å². The van der Waals surface area contributed by atoms with Gasteiger partial charge in [0.1, 0.15) is 0 Å². The summed E-state index contributed by atoms with van der Waals surface area (Å²) in [5, 5.41) is 1.28. The van der Waals surface area contributed by atoms with Crippen molar-refractivity contribution in [3.63, 3.8) is 0 Å². The fourth-order valence-corrected chi connectivity index (χ4v) is 3.21. The number of nitrogens with two attached hydrogens (primary N) is 1. The Morgan fingerprint density at radius 1 is 1.39 bits per heavy atom. The fourth-order valence-electron chi connectivity index (χ4n) is 3.21. The van der Waals surface area contributed by atoms with Gasteiger partial charge in [-0.1, -0.05) is 11.6 Å². The highest BCUT2D eigenvalue weighted by atomic mass is 16.5. The van der Waals surface area contributed by atoms with Gasteiger partial charge in [-0.15, -0.1) is 0 Å². The van der Waals surface area contributed by atoms with Crippen LogP contribution < -0.4 is 5.73 Å². The average Bonchev–Trinajstić information content (AvgIpc) is 2.80. The van der Waals surface area contributed by atoms with E-state index in [1.165, 1.54) is 33.3 Å². The molecule has 1 atom stereocenters. The molecule has 124 valence electrons. The molecule has 0 saturated carbocycles. The van der Waals surface area contributed by atoms with Gasteiger partial charge in [-0.25, -0.2) is 4.99 Å². The second kappa shape index (κ2) is 6.24. The zero-order chi connectivity index (χ0) is 16.6. The van der Waals surface area contributed by atoms with Crippen LogP contribution in [0.2, 0.25) is 0 Å². The minimum atomic E-state index is 0.205. The Balaban J connectivity index is 1.86. The first-order chi connectivity index (χ1) is 11.0. The maximum Gasteiger partial charge on any atom is 0.191 e. The number of aliphatic imine (C=N–C) groups is 1. The summed E-state index contributed by atoms with van der Waals surface area (Å²) < 4.78 is 5.55. The molecular formula is C18H26N4O. The van der Waals surface area contributed by atoms with E-state index in [9.17, 15) is 0 Å². The summed E-state index contributed by atoms with van der Waals surface area (Å²) in [5.41, 5.74) is 12.3. The van der Waals surface area contributed by atoms with Crippen molar-refractivity contribution in [1.29, 1.82) is 0 Å². The monoisotopic (exact) mass is 314 g/mol. The van der Waals surface area contributed by atoms with E-state index in [4.69, 9.17) is 10.5 Å². The highest BCUT2D eigenvalue weighted by Crippen LogP contribution is 2.26. The van der Waals surface area contributed by atoms with Crippen molar-refractivity contribution in [1.82, 2.24) is 9.88 Å². The van der Waals surface area contributed by atoms with Crippen LogP contribution in [0.5, 0.6) is 0 Å². The van der Waals surface area contributed by atoms with Crippen LogP contribution in [0, 0.1) is 20.8 Å². The van der Waals surface area contributed by atoms with Gasteiger partial charge in [0, 0.05) is 24.2 Å². The molecule has 0 bridgehead atoms. The molecule has 1 aliphatic heterocycles. The zero-order valence-electron chi connectivity index (χ0n) is 14.4. The lowest BCUT2D eigenvalue weighted by Crippen LogP contribution is -2.47. The van der Waals surface area contributed by atoms with Crippen molar-refractivity contribution in [2.24, 2.45) is 10.7 Å². The number of nitrogens with zero attached hydrogens (tertiary/aromatic N) is 2. The number of fused-ring (bicyclic) bond motifs is 1. The van der Waals surface area contributed by atoms with Crippen molar-refractivity contribution in [2.45, 2.75) is 40.3 Å². The number of nitrogens with one attached hydrogen (secondary N) is 1. The molecule has 5 nitrogen and oxygen atoms in total. The molecular weight excluding hydrogens is 288 g/mol. The van der Waals surface area contributed by atoms with Gasteiger partial charge in [-0.3, -0.25) is 0 Å². The van der Waals surface area contributed by atoms with Crippen LogP contribution in [0.3, 0.4) is 0 Å². The molecule has 0 radical (unpaired) electrons. The number of H-pyrrole nitrogens is 1. The summed E-state index contributed by atoms with van der Waals surface area (Å²) in [6, 6.07) is 4.42. The highest BCUT2D eigenvalue weighted by molar-refractivity contribution is 5.88. The maximum absolute atomic E-state index is 6.19. The molecule has 1 aromatic carbocycles. The predicted octanol–water partition coefficient (Wildman–Crippen LogP) is 2.63. The first-order valence-electron chi connectivity index (χ1n) is 8.20. The Labute approximate surface area is 137 Å². The Morgan fingerprint density at radius 3 is 2.91 bits per heavy atom. The molecule has 3 rings (SSSR count). The molecule has 3 N–H and O–H groups in total. The normalized spacial score (nSPS) is 19.6. The van der Waals surface area contributed by atoms with Gasteiger partial charge in [-0.05, 0) is 44.9 Å². The number of morpholine rings is 1. The second-order valence-electron chi connectivity index (χ2n) is 6.52. The summed E-state index contributed by atoms with van der Waals surface area (Å²) in [4.78, 5) is 10.2. The van der Waals surface area contributed by atoms with E-state index < -0.39 is 0 Å². The maximum atomic E-state index is 6.19. The van der Waals surface area contributed by atoms with Crippen LogP contribution in [0.4, 0.5) is 0 Å². The number of hydrogen-bond acceptors (Lipinski definition) is 2. The van der Waals surface area contributed by atoms with Gasteiger partial charge in [0.25, 0.3) is 0 Å². The van der Waals surface area contributed by atoms with E-state index in [1.54, 1.807) is 0 Å². The Bertz CT molecular complexity index is 747. The summed E-state index contributed by atoms with van der Waals surface area (Å²) in [5.74, 6) is 0.606. The molecule has 0 aliphatic carbocycles. The predicted molar refractivity (Wildman–Crippen MR) is 94.8 cm³/mol. The van der Waals surface area contributed by atoms with Gasteiger partial charge < -0.3 is 20.4 Å². The molecule has 1 aliphatic rings. The minimum Gasteiger partial charge on any atom is -0.375 e. The summed E-state index contributed by atoms with van der Waals surface area (Å²) in [6.07, 6.45) is 0.205. The lowest BCUT2D eigenvalue weighted by atomic mass is 10.0. The average molecular weight is 314 g/mol. The fraction of sp³-hybridized carbons (Fsp3) is 0.500. The van der Waals surface area contributed by atoms with Crippen molar-refractivity contribution in [3.05, 3.63) is 34.5 Å². The number of rotatable bonds is 2. The third-order valence-electron chi connectivity index (χ3n) is 4.62.